The number of carbonyl (C=O) groups excluding carboxylic acids is 2. The van der Waals surface area contributed by atoms with E-state index in [1.165, 1.54) is 18.5 Å². The third-order valence-corrected chi connectivity index (χ3v) is 5.53. The molecular formula is C24H21N3O5. The first-order valence-electron chi connectivity index (χ1n) is 10.0. The van der Waals surface area contributed by atoms with Crippen LogP contribution in [0.25, 0.3) is 11.1 Å². The van der Waals surface area contributed by atoms with Crippen molar-refractivity contribution in [2.75, 3.05) is 6.61 Å². The Labute approximate surface area is 184 Å². The molecule has 1 aromatic heterocycles. The van der Waals surface area contributed by atoms with E-state index in [9.17, 15) is 19.5 Å². The number of hydrogen-bond donors (Lipinski definition) is 3. The molecule has 0 saturated carbocycles. The second-order valence-electron chi connectivity index (χ2n) is 7.46. The minimum atomic E-state index is -1.31. The molecule has 1 atom stereocenters. The van der Waals surface area contributed by atoms with E-state index in [0.717, 1.165) is 22.3 Å². The summed E-state index contributed by atoms with van der Waals surface area (Å²) in [6.07, 6.45) is 1.73. The monoisotopic (exact) mass is 431 g/mol. The molecule has 0 bridgehead atoms. The number of benzene rings is 2. The van der Waals surface area contributed by atoms with Gasteiger partial charge in [-0.3, -0.25) is 9.78 Å². The average molecular weight is 431 g/mol. The highest BCUT2D eigenvalue weighted by Gasteiger charge is 2.30. The van der Waals surface area contributed by atoms with Crippen LogP contribution in [0.2, 0.25) is 0 Å². The van der Waals surface area contributed by atoms with Gasteiger partial charge in [-0.2, -0.15) is 0 Å². The third kappa shape index (κ3) is 4.15. The number of carboxylic acid groups (broad SMARTS) is 1. The predicted molar refractivity (Wildman–Crippen MR) is 116 cm³/mol. The molecule has 1 aliphatic rings. The van der Waals surface area contributed by atoms with Gasteiger partial charge in [0, 0.05) is 30.3 Å². The predicted octanol–water partition coefficient (Wildman–Crippen LogP) is 2.71. The number of rotatable bonds is 7. The standard InChI is InChI=1S/C24H21N3O5/c25-22(28)15-9-10-26-12-14(15)11-21(23(29)30)27-24(31)32-13-20-18-7-3-1-5-16(18)17-6-2-4-8-19(17)20/h1-10,12,20-21H,11,13H2,(H2,25,28)(H,27,31)(H,29,30)/t21-/m0/s1. The van der Waals surface area contributed by atoms with E-state index in [2.05, 4.69) is 10.3 Å². The van der Waals surface area contributed by atoms with Crippen molar-refractivity contribution in [2.45, 2.75) is 18.4 Å². The van der Waals surface area contributed by atoms with Gasteiger partial charge in [0.1, 0.15) is 12.6 Å². The largest absolute Gasteiger partial charge is 0.480 e. The molecule has 2 amide bonds. The van der Waals surface area contributed by atoms with E-state index in [-0.39, 0.29) is 24.5 Å². The van der Waals surface area contributed by atoms with Crippen molar-refractivity contribution >= 4 is 18.0 Å². The SMILES string of the molecule is NC(=O)c1ccncc1C[C@H](NC(=O)OCC1c2ccccc2-c2ccccc21)C(=O)O. The first-order valence-corrected chi connectivity index (χ1v) is 10.0. The molecule has 0 unspecified atom stereocenters. The van der Waals surface area contributed by atoms with Crippen LogP contribution in [-0.4, -0.2) is 40.7 Å². The number of nitrogens with one attached hydrogen (secondary N) is 1. The topological polar surface area (TPSA) is 132 Å². The van der Waals surface area contributed by atoms with Gasteiger partial charge in [0.2, 0.25) is 5.91 Å². The van der Waals surface area contributed by atoms with Gasteiger partial charge in [0.05, 0.1) is 0 Å². The highest BCUT2D eigenvalue weighted by atomic mass is 16.5. The number of aliphatic carboxylic acids is 1. The normalized spacial score (nSPS) is 13.0. The molecule has 0 radical (unpaired) electrons. The van der Waals surface area contributed by atoms with Crippen LogP contribution in [0.4, 0.5) is 4.79 Å². The summed E-state index contributed by atoms with van der Waals surface area (Å²) in [4.78, 5) is 39.6. The van der Waals surface area contributed by atoms with E-state index < -0.39 is 24.0 Å². The quantitative estimate of drug-likeness (QED) is 0.527. The second kappa shape index (κ2) is 8.89. The number of nitrogens with zero attached hydrogens (tertiary/aromatic N) is 1. The molecule has 0 aliphatic heterocycles. The van der Waals surface area contributed by atoms with Gasteiger partial charge in [0.25, 0.3) is 0 Å². The number of carbonyl (C=O) groups is 3. The molecule has 1 heterocycles. The Bertz CT molecular complexity index is 1150. The number of primary amides is 1. The fraction of sp³-hybridized carbons (Fsp3) is 0.167. The molecule has 0 fully saturated rings. The summed E-state index contributed by atoms with van der Waals surface area (Å²) in [6.45, 7) is 0.0611. The number of hydrogen-bond acceptors (Lipinski definition) is 5. The Morgan fingerprint density at radius 3 is 2.25 bits per heavy atom. The first kappa shape index (κ1) is 21.0. The van der Waals surface area contributed by atoms with Gasteiger partial charge < -0.3 is 20.9 Å². The minimum Gasteiger partial charge on any atom is -0.480 e. The number of pyridine rings is 1. The smallest absolute Gasteiger partial charge is 0.407 e. The molecule has 162 valence electrons. The van der Waals surface area contributed by atoms with Crippen LogP contribution in [0.15, 0.2) is 67.0 Å². The zero-order chi connectivity index (χ0) is 22.7. The molecular weight excluding hydrogens is 410 g/mol. The maximum Gasteiger partial charge on any atom is 0.407 e. The molecule has 4 rings (SSSR count). The lowest BCUT2D eigenvalue weighted by atomic mass is 9.98. The lowest BCUT2D eigenvalue weighted by Gasteiger charge is -2.18. The van der Waals surface area contributed by atoms with Crippen LogP contribution in [-0.2, 0) is 16.0 Å². The van der Waals surface area contributed by atoms with E-state index in [4.69, 9.17) is 10.5 Å². The summed E-state index contributed by atoms with van der Waals surface area (Å²) < 4.78 is 5.42. The zero-order valence-corrected chi connectivity index (χ0v) is 17.0. The number of carboxylic acids is 1. The number of alkyl carbamates (subject to hydrolysis) is 1. The maximum atomic E-state index is 12.4. The fourth-order valence-electron chi connectivity index (χ4n) is 4.03. The van der Waals surface area contributed by atoms with Crippen LogP contribution in [0.5, 0.6) is 0 Å². The summed E-state index contributed by atoms with van der Waals surface area (Å²) in [6, 6.07) is 15.9. The van der Waals surface area contributed by atoms with Gasteiger partial charge >= 0.3 is 12.1 Å². The van der Waals surface area contributed by atoms with Crippen molar-refractivity contribution in [3.05, 3.63) is 89.2 Å². The van der Waals surface area contributed by atoms with Crippen LogP contribution in [0.3, 0.4) is 0 Å². The van der Waals surface area contributed by atoms with Crippen LogP contribution in [0.1, 0.15) is 33.0 Å². The molecule has 0 saturated heterocycles. The maximum absolute atomic E-state index is 12.4. The molecule has 3 aromatic rings. The molecule has 32 heavy (non-hydrogen) atoms. The highest BCUT2D eigenvalue weighted by Crippen LogP contribution is 2.44. The number of aromatic nitrogens is 1. The molecule has 8 nitrogen and oxygen atoms in total. The second-order valence-corrected chi connectivity index (χ2v) is 7.46. The first-order chi connectivity index (χ1) is 15.5. The molecule has 8 heteroatoms. The van der Waals surface area contributed by atoms with Crippen molar-refractivity contribution in [2.24, 2.45) is 5.73 Å². The van der Waals surface area contributed by atoms with E-state index >= 15 is 0 Å². The highest BCUT2D eigenvalue weighted by molar-refractivity contribution is 5.94. The number of ether oxygens (including phenoxy) is 1. The van der Waals surface area contributed by atoms with Gasteiger partial charge in [-0.15, -0.1) is 0 Å². The number of nitrogens with two attached hydrogens (primary N) is 1. The summed E-state index contributed by atoms with van der Waals surface area (Å²) >= 11 is 0. The van der Waals surface area contributed by atoms with E-state index in [1.54, 1.807) is 0 Å². The Kier molecular flexibility index (Phi) is 5.85. The number of fused-ring (bicyclic) bond motifs is 3. The lowest BCUT2D eigenvalue weighted by Crippen LogP contribution is -2.43. The molecule has 0 spiro atoms. The van der Waals surface area contributed by atoms with Crippen molar-refractivity contribution in [3.63, 3.8) is 0 Å². The Balaban J connectivity index is 1.45. The Hall–Kier alpha value is -4.20. The van der Waals surface area contributed by atoms with Crippen LogP contribution in [0, 0.1) is 0 Å². The van der Waals surface area contributed by atoms with Gasteiger partial charge in [-0.1, -0.05) is 48.5 Å². The van der Waals surface area contributed by atoms with Crippen molar-refractivity contribution < 1.29 is 24.2 Å². The van der Waals surface area contributed by atoms with Crippen molar-refractivity contribution in [1.29, 1.82) is 0 Å². The molecule has 4 N–H and O–H groups in total. The fourth-order valence-corrected chi connectivity index (χ4v) is 4.03. The lowest BCUT2D eigenvalue weighted by molar-refractivity contribution is -0.139. The van der Waals surface area contributed by atoms with Crippen molar-refractivity contribution in [3.8, 4) is 11.1 Å². The summed E-state index contributed by atoms with van der Waals surface area (Å²) in [5.41, 5.74) is 10.1. The molecule has 1 aliphatic carbocycles. The Morgan fingerprint density at radius 1 is 1.03 bits per heavy atom. The van der Waals surface area contributed by atoms with E-state index in [1.807, 2.05) is 48.5 Å². The van der Waals surface area contributed by atoms with E-state index in [0.29, 0.717) is 5.56 Å². The van der Waals surface area contributed by atoms with Gasteiger partial charge in [0.15, 0.2) is 0 Å². The summed E-state index contributed by atoms with van der Waals surface area (Å²) in [5, 5.41) is 11.9. The van der Waals surface area contributed by atoms with Crippen molar-refractivity contribution in [1.82, 2.24) is 10.3 Å². The molecule has 2 aromatic carbocycles. The average Bonchev–Trinajstić information content (AvgIpc) is 3.11. The summed E-state index contributed by atoms with van der Waals surface area (Å²) in [7, 11) is 0. The zero-order valence-electron chi connectivity index (χ0n) is 17.0. The third-order valence-electron chi connectivity index (χ3n) is 5.53. The van der Waals surface area contributed by atoms with Gasteiger partial charge in [-0.25, -0.2) is 9.59 Å². The Morgan fingerprint density at radius 2 is 1.66 bits per heavy atom. The minimum absolute atomic E-state index is 0.0611. The summed E-state index contributed by atoms with van der Waals surface area (Å²) in [5.74, 6) is -2.11. The van der Waals surface area contributed by atoms with Crippen LogP contribution >= 0.6 is 0 Å². The number of amides is 2. The van der Waals surface area contributed by atoms with Gasteiger partial charge in [-0.05, 0) is 33.9 Å². The van der Waals surface area contributed by atoms with Crippen LogP contribution < -0.4 is 11.1 Å².